The average molecular weight is 437 g/mol. The molecule has 1 amide bonds. The Morgan fingerprint density at radius 3 is 1.77 bits per heavy atom. The van der Waals surface area contributed by atoms with Crippen LogP contribution < -0.4 is 20.2 Å². The third-order valence-corrected chi connectivity index (χ3v) is 5.74. The Hall–Kier alpha value is -2.28. The molecule has 31 heavy (non-hydrogen) atoms. The fourth-order valence-corrected chi connectivity index (χ4v) is 3.74. The molecule has 12 nitrogen and oxygen atoms in total. The van der Waals surface area contributed by atoms with Crippen LogP contribution in [0.4, 0.5) is 17.8 Å². The third kappa shape index (κ3) is 5.50. The van der Waals surface area contributed by atoms with E-state index < -0.39 is 0 Å². The number of carbonyl (C=O) groups is 1. The van der Waals surface area contributed by atoms with E-state index in [0.717, 1.165) is 39.3 Å². The Balaban J connectivity index is 1.51. The van der Waals surface area contributed by atoms with Gasteiger partial charge in [0.15, 0.2) is 0 Å². The van der Waals surface area contributed by atoms with Gasteiger partial charge in [-0.15, -0.1) is 0 Å². The average Bonchev–Trinajstić information content (AvgIpc) is 2.85. The second-order valence-corrected chi connectivity index (χ2v) is 7.79. The summed E-state index contributed by atoms with van der Waals surface area (Å²) < 4.78 is 16.3. The van der Waals surface area contributed by atoms with Crippen molar-refractivity contribution in [3.63, 3.8) is 0 Å². The van der Waals surface area contributed by atoms with Crippen LogP contribution >= 0.6 is 0 Å². The van der Waals surface area contributed by atoms with Crippen LogP contribution in [0, 0.1) is 0 Å². The van der Waals surface area contributed by atoms with Gasteiger partial charge in [-0.05, 0) is 6.92 Å². The topological polar surface area (TPSA) is 108 Å². The lowest BCUT2D eigenvalue weighted by Crippen LogP contribution is -2.53. The molecule has 1 N–H and O–H groups in total. The van der Waals surface area contributed by atoms with Gasteiger partial charge in [0.05, 0.1) is 45.7 Å². The maximum atomic E-state index is 12.8. The first-order valence-corrected chi connectivity index (χ1v) is 10.9. The highest BCUT2D eigenvalue weighted by molar-refractivity contribution is 5.82. The van der Waals surface area contributed by atoms with Crippen molar-refractivity contribution in [2.75, 3.05) is 101 Å². The van der Waals surface area contributed by atoms with Crippen molar-refractivity contribution in [3.8, 4) is 0 Å². The minimum atomic E-state index is -0.273. The van der Waals surface area contributed by atoms with E-state index in [0.29, 0.717) is 57.5 Å². The maximum Gasteiger partial charge on any atom is 0.255 e. The molecule has 172 valence electrons. The number of morpholine rings is 3. The van der Waals surface area contributed by atoms with Gasteiger partial charge in [-0.25, -0.2) is 0 Å². The number of hydrazine groups is 1. The third-order valence-electron chi connectivity index (χ3n) is 5.74. The number of hydrogen-bond donors (Lipinski definition) is 1. The number of anilines is 3. The first-order valence-electron chi connectivity index (χ1n) is 10.9. The standard InChI is InChI=1S/C19H32N8O4/c1-15(25-3-9-29-10-4-25)16(28)23-24(2)17-20-18(26-5-11-30-12-6-26)22-19(21-17)27-7-13-31-14-8-27/h15H,3-14H2,1-2H3,(H,23,28)/t15-/m1/s1. The zero-order valence-electron chi connectivity index (χ0n) is 18.3. The van der Waals surface area contributed by atoms with Crippen molar-refractivity contribution >= 4 is 23.8 Å². The summed E-state index contributed by atoms with van der Waals surface area (Å²) in [6.07, 6.45) is 0. The van der Waals surface area contributed by atoms with Gasteiger partial charge in [0, 0.05) is 46.3 Å². The first kappa shape index (κ1) is 21.9. The van der Waals surface area contributed by atoms with E-state index in [2.05, 4.69) is 30.1 Å². The van der Waals surface area contributed by atoms with Crippen molar-refractivity contribution < 1.29 is 19.0 Å². The molecular weight excluding hydrogens is 404 g/mol. The Morgan fingerprint density at radius 1 is 0.839 bits per heavy atom. The van der Waals surface area contributed by atoms with Crippen LogP contribution in [0.25, 0.3) is 0 Å². The summed E-state index contributed by atoms with van der Waals surface area (Å²) in [6, 6.07) is -0.273. The van der Waals surface area contributed by atoms with Gasteiger partial charge in [-0.2, -0.15) is 15.0 Å². The summed E-state index contributed by atoms with van der Waals surface area (Å²) in [4.78, 5) is 33.1. The fourth-order valence-electron chi connectivity index (χ4n) is 3.74. The predicted molar refractivity (Wildman–Crippen MR) is 114 cm³/mol. The number of rotatable bonds is 6. The second kappa shape index (κ2) is 10.4. The molecule has 4 heterocycles. The summed E-state index contributed by atoms with van der Waals surface area (Å²) in [5, 5.41) is 1.58. The number of hydrogen-bond acceptors (Lipinski definition) is 11. The summed E-state index contributed by atoms with van der Waals surface area (Å²) in [5.41, 5.74) is 2.93. The molecule has 0 spiro atoms. The lowest BCUT2D eigenvalue weighted by atomic mass is 10.2. The highest BCUT2D eigenvalue weighted by Crippen LogP contribution is 2.20. The Bertz CT molecular complexity index is 699. The number of carbonyl (C=O) groups excluding carboxylic acids is 1. The van der Waals surface area contributed by atoms with Crippen molar-refractivity contribution in [2.45, 2.75) is 13.0 Å². The molecular formula is C19H32N8O4. The number of ether oxygens (including phenoxy) is 3. The molecule has 3 fully saturated rings. The first-order chi connectivity index (χ1) is 15.1. The highest BCUT2D eigenvalue weighted by Gasteiger charge is 2.26. The van der Waals surface area contributed by atoms with Crippen molar-refractivity contribution in [1.29, 1.82) is 0 Å². The van der Waals surface area contributed by atoms with Crippen LogP contribution in [0.1, 0.15) is 6.92 Å². The molecule has 3 saturated heterocycles. The van der Waals surface area contributed by atoms with E-state index in [1.54, 1.807) is 12.1 Å². The molecule has 0 unspecified atom stereocenters. The van der Waals surface area contributed by atoms with Crippen molar-refractivity contribution in [3.05, 3.63) is 0 Å². The molecule has 1 atom stereocenters. The van der Waals surface area contributed by atoms with E-state index >= 15 is 0 Å². The quantitative estimate of drug-likeness (QED) is 0.540. The maximum absolute atomic E-state index is 12.8. The molecule has 3 aliphatic heterocycles. The second-order valence-electron chi connectivity index (χ2n) is 7.79. The van der Waals surface area contributed by atoms with Gasteiger partial charge in [0.25, 0.3) is 11.9 Å². The van der Waals surface area contributed by atoms with Gasteiger partial charge in [0.1, 0.15) is 0 Å². The van der Waals surface area contributed by atoms with Crippen molar-refractivity contribution in [2.24, 2.45) is 0 Å². The smallest absolute Gasteiger partial charge is 0.255 e. The molecule has 0 aromatic carbocycles. The van der Waals surface area contributed by atoms with Crippen LogP contribution in [0.3, 0.4) is 0 Å². The van der Waals surface area contributed by atoms with E-state index in [9.17, 15) is 4.79 Å². The highest BCUT2D eigenvalue weighted by atomic mass is 16.5. The summed E-state index contributed by atoms with van der Waals surface area (Å²) in [5.74, 6) is 1.49. The molecule has 1 aromatic rings. The zero-order chi connectivity index (χ0) is 21.6. The van der Waals surface area contributed by atoms with E-state index in [4.69, 9.17) is 19.2 Å². The minimum absolute atomic E-state index is 0.106. The molecule has 12 heteroatoms. The van der Waals surface area contributed by atoms with Gasteiger partial charge in [-0.3, -0.25) is 20.1 Å². The Kier molecular flexibility index (Phi) is 7.33. The lowest BCUT2D eigenvalue weighted by Gasteiger charge is -2.33. The van der Waals surface area contributed by atoms with E-state index in [1.165, 1.54) is 0 Å². The number of amides is 1. The molecule has 0 radical (unpaired) electrons. The molecule has 4 rings (SSSR count). The van der Waals surface area contributed by atoms with Gasteiger partial charge in [-0.1, -0.05) is 0 Å². The van der Waals surface area contributed by atoms with Gasteiger partial charge in [0.2, 0.25) is 11.9 Å². The largest absolute Gasteiger partial charge is 0.379 e. The predicted octanol–water partition coefficient (Wildman–Crippen LogP) is -1.27. The Labute approximate surface area is 182 Å². The van der Waals surface area contributed by atoms with E-state index in [-0.39, 0.29) is 11.9 Å². The molecule has 0 bridgehead atoms. The van der Waals surface area contributed by atoms with E-state index in [1.807, 2.05) is 6.92 Å². The zero-order valence-corrected chi connectivity index (χ0v) is 18.3. The number of nitrogens with one attached hydrogen (secondary N) is 1. The van der Waals surface area contributed by atoms with Crippen LogP contribution in [-0.4, -0.2) is 118 Å². The minimum Gasteiger partial charge on any atom is -0.379 e. The summed E-state index contributed by atoms with van der Waals surface area (Å²) in [6.45, 7) is 10.1. The van der Waals surface area contributed by atoms with Crippen LogP contribution in [-0.2, 0) is 19.0 Å². The normalized spacial score (nSPS) is 21.6. The van der Waals surface area contributed by atoms with Crippen LogP contribution in [0.5, 0.6) is 0 Å². The van der Waals surface area contributed by atoms with Crippen LogP contribution in [0.2, 0.25) is 0 Å². The Morgan fingerprint density at radius 2 is 1.29 bits per heavy atom. The molecule has 0 saturated carbocycles. The number of aromatic nitrogens is 3. The monoisotopic (exact) mass is 436 g/mol. The SMILES string of the molecule is C[C@H](C(=O)NN(C)c1nc(N2CCOCC2)nc(N2CCOCC2)n1)N1CCOCC1. The summed E-state index contributed by atoms with van der Waals surface area (Å²) in [7, 11) is 1.76. The van der Waals surface area contributed by atoms with Gasteiger partial charge < -0.3 is 24.0 Å². The molecule has 3 aliphatic rings. The fraction of sp³-hybridized carbons (Fsp3) is 0.789. The van der Waals surface area contributed by atoms with Crippen molar-refractivity contribution in [1.82, 2.24) is 25.3 Å². The number of nitrogens with zero attached hydrogens (tertiary/aromatic N) is 7. The van der Waals surface area contributed by atoms with Gasteiger partial charge >= 0.3 is 0 Å². The van der Waals surface area contributed by atoms with Crippen LogP contribution in [0.15, 0.2) is 0 Å². The molecule has 1 aromatic heterocycles. The molecule has 0 aliphatic carbocycles. The lowest BCUT2D eigenvalue weighted by molar-refractivity contribution is -0.127. The summed E-state index contributed by atoms with van der Waals surface area (Å²) >= 11 is 0.